The summed E-state index contributed by atoms with van der Waals surface area (Å²) in [4.78, 5) is 0. The van der Waals surface area contributed by atoms with Crippen LogP contribution in [0.5, 0.6) is 5.75 Å². The molecule has 2 nitrogen and oxygen atoms in total. The van der Waals surface area contributed by atoms with Crippen LogP contribution in [-0.4, -0.2) is 19.7 Å². The number of nitrogens with one attached hydrogen (secondary N) is 1. The first-order valence-corrected chi connectivity index (χ1v) is 6.85. The molecule has 1 saturated carbocycles. The lowest BCUT2D eigenvalue weighted by atomic mass is 9.90. The third kappa shape index (κ3) is 3.63. The summed E-state index contributed by atoms with van der Waals surface area (Å²) in [6.07, 6.45) is 5.22. The summed E-state index contributed by atoms with van der Waals surface area (Å²) >= 11 is 0. The molecule has 1 heterocycles. The van der Waals surface area contributed by atoms with E-state index in [4.69, 9.17) is 4.74 Å². The standard InChI is InChI=1S/C15H21NO.ClH/c1-2-14(13-6-8-16-9-7-13)10-15(3-1)17-11-12-4-5-12;/h1-3,10,12-13,16H,4-9,11H2;1H. The monoisotopic (exact) mass is 267 g/mol. The minimum absolute atomic E-state index is 0. The molecule has 2 fully saturated rings. The highest BCUT2D eigenvalue weighted by Crippen LogP contribution is 2.31. The van der Waals surface area contributed by atoms with Crippen molar-refractivity contribution in [2.24, 2.45) is 5.92 Å². The highest BCUT2D eigenvalue weighted by Gasteiger charge is 2.22. The molecule has 0 radical (unpaired) electrons. The van der Waals surface area contributed by atoms with Gasteiger partial charge >= 0.3 is 0 Å². The van der Waals surface area contributed by atoms with Crippen LogP contribution in [0.15, 0.2) is 24.3 Å². The summed E-state index contributed by atoms with van der Waals surface area (Å²) in [5, 5.41) is 3.42. The highest BCUT2D eigenvalue weighted by molar-refractivity contribution is 5.85. The fourth-order valence-corrected chi connectivity index (χ4v) is 2.51. The molecule has 0 aromatic heterocycles. The van der Waals surface area contributed by atoms with Crippen LogP contribution in [0, 0.1) is 5.92 Å². The summed E-state index contributed by atoms with van der Waals surface area (Å²) in [6.45, 7) is 3.21. The van der Waals surface area contributed by atoms with Crippen molar-refractivity contribution < 1.29 is 4.74 Å². The largest absolute Gasteiger partial charge is 0.493 e. The Morgan fingerprint density at radius 1 is 1.11 bits per heavy atom. The number of benzene rings is 1. The zero-order valence-electron chi connectivity index (χ0n) is 10.7. The van der Waals surface area contributed by atoms with E-state index in [-0.39, 0.29) is 12.4 Å². The van der Waals surface area contributed by atoms with Crippen LogP contribution in [0.4, 0.5) is 0 Å². The van der Waals surface area contributed by atoms with E-state index in [1.807, 2.05) is 0 Å². The Hall–Kier alpha value is -0.730. The average molecular weight is 268 g/mol. The molecule has 0 bridgehead atoms. The Labute approximate surface area is 116 Å². The van der Waals surface area contributed by atoms with E-state index in [9.17, 15) is 0 Å². The minimum atomic E-state index is 0. The first-order chi connectivity index (χ1) is 8.42. The van der Waals surface area contributed by atoms with Gasteiger partial charge in [-0.3, -0.25) is 0 Å². The highest BCUT2D eigenvalue weighted by atomic mass is 35.5. The maximum atomic E-state index is 5.85. The number of ether oxygens (including phenoxy) is 1. The number of hydrogen-bond acceptors (Lipinski definition) is 2. The van der Waals surface area contributed by atoms with Gasteiger partial charge in [-0.1, -0.05) is 12.1 Å². The van der Waals surface area contributed by atoms with E-state index in [0.29, 0.717) is 0 Å². The van der Waals surface area contributed by atoms with Gasteiger partial charge in [-0.2, -0.15) is 0 Å². The molecule has 1 aliphatic heterocycles. The van der Waals surface area contributed by atoms with Crippen LogP contribution in [0.1, 0.15) is 37.2 Å². The Kier molecular flexibility index (Phi) is 4.90. The lowest BCUT2D eigenvalue weighted by Gasteiger charge is -2.23. The maximum Gasteiger partial charge on any atom is 0.119 e. The van der Waals surface area contributed by atoms with Crippen LogP contribution in [0.3, 0.4) is 0 Å². The molecule has 2 aliphatic rings. The van der Waals surface area contributed by atoms with E-state index >= 15 is 0 Å². The number of hydrogen-bond donors (Lipinski definition) is 1. The Balaban J connectivity index is 0.00000120. The van der Waals surface area contributed by atoms with Gasteiger partial charge in [0.05, 0.1) is 6.61 Å². The number of piperidine rings is 1. The summed E-state index contributed by atoms with van der Waals surface area (Å²) in [5.41, 5.74) is 1.46. The predicted octanol–water partition coefficient (Wildman–Crippen LogP) is 3.36. The van der Waals surface area contributed by atoms with Crippen molar-refractivity contribution >= 4 is 12.4 Å². The van der Waals surface area contributed by atoms with Gasteiger partial charge in [-0.25, -0.2) is 0 Å². The molecular weight excluding hydrogens is 246 g/mol. The molecule has 1 aliphatic carbocycles. The van der Waals surface area contributed by atoms with Crippen LogP contribution >= 0.6 is 12.4 Å². The summed E-state index contributed by atoms with van der Waals surface area (Å²) < 4.78 is 5.85. The lowest BCUT2D eigenvalue weighted by molar-refractivity contribution is 0.299. The normalized spacial score (nSPS) is 20.2. The molecule has 0 atom stereocenters. The zero-order chi connectivity index (χ0) is 11.5. The number of rotatable bonds is 4. The molecule has 0 unspecified atom stereocenters. The third-order valence-corrected chi connectivity index (χ3v) is 3.85. The topological polar surface area (TPSA) is 21.3 Å². The molecule has 1 aromatic rings. The second-order valence-electron chi connectivity index (χ2n) is 5.35. The fraction of sp³-hybridized carbons (Fsp3) is 0.600. The Morgan fingerprint density at radius 2 is 1.89 bits per heavy atom. The average Bonchev–Trinajstić information content (AvgIpc) is 3.22. The van der Waals surface area contributed by atoms with Crippen molar-refractivity contribution in [3.8, 4) is 5.75 Å². The van der Waals surface area contributed by atoms with E-state index < -0.39 is 0 Å². The van der Waals surface area contributed by atoms with E-state index in [1.54, 1.807) is 0 Å². The van der Waals surface area contributed by atoms with Crippen molar-refractivity contribution in [2.75, 3.05) is 19.7 Å². The minimum Gasteiger partial charge on any atom is -0.493 e. The molecule has 3 rings (SSSR count). The Morgan fingerprint density at radius 3 is 2.61 bits per heavy atom. The first-order valence-electron chi connectivity index (χ1n) is 6.85. The van der Waals surface area contributed by atoms with E-state index in [1.165, 1.54) is 31.2 Å². The van der Waals surface area contributed by atoms with Gasteiger partial charge in [-0.05, 0) is 68.3 Å². The van der Waals surface area contributed by atoms with Crippen LogP contribution in [0.2, 0.25) is 0 Å². The lowest BCUT2D eigenvalue weighted by Crippen LogP contribution is -2.26. The maximum absolute atomic E-state index is 5.85. The second kappa shape index (κ2) is 6.44. The molecule has 0 spiro atoms. The summed E-state index contributed by atoms with van der Waals surface area (Å²) in [6, 6.07) is 8.73. The molecule has 3 heteroatoms. The van der Waals surface area contributed by atoms with Crippen LogP contribution in [0.25, 0.3) is 0 Å². The SMILES string of the molecule is Cl.c1cc(OCC2CC2)cc(C2CCNCC2)c1. The quantitative estimate of drug-likeness (QED) is 0.903. The first kappa shape index (κ1) is 13.7. The van der Waals surface area contributed by atoms with Gasteiger partial charge in [0, 0.05) is 0 Å². The van der Waals surface area contributed by atoms with Gasteiger partial charge < -0.3 is 10.1 Å². The van der Waals surface area contributed by atoms with Crippen molar-refractivity contribution in [3.05, 3.63) is 29.8 Å². The van der Waals surface area contributed by atoms with Crippen molar-refractivity contribution in [1.82, 2.24) is 5.32 Å². The van der Waals surface area contributed by atoms with Gasteiger partial charge in [0.1, 0.15) is 5.75 Å². The van der Waals surface area contributed by atoms with Crippen molar-refractivity contribution in [3.63, 3.8) is 0 Å². The van der Waals surface area contributed by atoms with Crippen molar-refractivity contribution in [2.45, 2.75) is 31.6 Å². The molecule has 1 saturated heterocycles. The van der Waals surface area contributed by atoms with Crippen LogP contribution < -0.4 is 10.1 Å². The molecule has 100 valence electrons. The molecule has 1 aromatic carbocycles. The molecule has 1 N–H and O–H groups in total. The predicted molar refractivity (Wildman–Crippen MR) is 76.8 cm³/mol. The van der Waals surface area contributed by atoms with Gasteiger partial charge in [0.25, 0.3) is 0 Å². The summed E-state index contributed by atoms with van der Waals surface area (Å²) in [7, 11) is 0. The summed E-state index contributed by atoms with van der Waals surface area (Å²) in [5.74, 6) is 2.62. The van der Waals surface area contributed by atoms with Gasteiger partial charge in [0.15, 0.2) is 0 Å². The molecule has 0 amide bonds. The third-order valence-electron chi connectivity index (χ3n) is 3.85. The van der Waals surface area contributed by atoms with E-state index in [0.717, 1.165) is 37.3 Å². The second-order valence-corrected chi connectivity index (χ2v) is 5.35. The molecule has 18 heavy (non-hydrogen) atoms. The van der Waals surface area contributed by atoms with E-state index in [2.05, 4.69) is 29.6 Å². The molecular formula is C15H22ClNO. The zero-order valence-corrected chi connectivity index (χ0v) is 11.5. The van der Waals surface area contributed by atoms with Crippen molar-refractivity contribution in [1.29, 1.82) is 0 Å². The van der Waals surface area contributed by atoms with Gasteiger partial charge in [-0.15, -0.1) is 12.4 Å². The van der Waals surface area contributed by atoms with Crippen LogP contribution in [-0.2, 0) is 0 Å². The Bertz CT molecular complexity index is 373. The smallest absolute Gasteiger partial charge is 0.119 e. The number of halogens is 1. The van der Waals surface area contributed by atoms with Gasteiger partial charge in [0.2, 0.25) is 0 Å². The fourth-order valence-electron chi connectivity index (χ4n) is 2.51.